The zero-order chi connectivity index (χ0) is 15.5. The van der Waals surface area contributed by atoms with E-state index < -0.39 is 17.7 Å². The number of carbonyl (C=O) groups excluding carboxylic acids is 1. The van der Waals surface area contributed by atoms with Crippen molar-refractivity contribution in [2.75, 3.05) is 19.6 Å². The molecular weight excluding hydrogens is 281 g/mol. The fraction of sp³-hybridized carbons (Fsp3) is 0.533. The standard InChI is InChI=1S/C15H19F3N2O/c16-15(17,18)13-5-3-4-11(9-13)8-12(10-19)14(21)20-6-1-2-7-20/h3-5,9,12H,1-2,6-8,10,19H2. The van der Waals surface area contributed by atoms with E-state index in [-0.39, 0.29) is 18.9 Å². The van der Waals surface area contributed by atoms with Crippen LogP contribution in [0, 0.1) is 5.92 Å². The summed E-state index contributed by atoms with van der Waals surface area (Å²) >= 11 is 0. The van der Waals surface area contributed by atoms with Crippen molar-refractivity contribution < 1.29 is 18.0 Å². The molecule has 1 heterocycles. The Kier molecular flexibility index (Phi) is 4.88. The first-order valence-corrected chi connectivity index (χ1v) is 7.07. The van der Waals surface area contributed by atoms with Gasteiger partial charge in [0.1, 0.15) is 0 Å². The molecule has 0 aromatic heterocycles. The molecule has 0 spiro atoms. The Balaban J connectivity index is 2.09. The van der Waals surface area contributed by atoms with Crippen LogP contribution in [0.5, 0.6) is 0 Å². The number of nitrogens with two attached hydrogens (primary N) is 1. The molecule has 1 aromatic rings. The highest BCUT2D eigenvalue weighted by Crippen LogP contribution is 2.30. The summed E-state index contributed by atoms with van der Waals surface area (Å²) in [6.45, 7) is 1.58. The summed E-state index contributed by atoms with van der Waals surface area (Å²) in [7, 11) is 0. The van der Waals surface area contributed by atoms with Gasteiger partial charge in [0.05, 0.1) is 11.5 Å². The molecule has 1 aromatic carbocycles. The number of nitrogens with zero attached hydrogens (tertiary/aromatic N) is 1. The number of hydrogen-bond donors (Lipinski definition) is 1. The van der Waals surface area contributed by atoms with E-state index in [0.717, 1.165) is 38.1 Å². The Morgan fingerprint density at radius 3 is 2.52 bits per heavy atom. The summed E-state index contributed by atoms with van der Waals surface area (Å²) in [6, 6.07) is 5.10. The van der Waals surface area contributed by atoms with Crippen LogP contribution < -0.4 is 5.73 Å². The number of benzene rings is 1. The summed E-state index contributed by atoms with van der Waals surface area (Å²) in [4.78, 5) is 14.0. The molecule has 1 aliphatic rings. The van der Waals surface area contributed by atoms with Gasteiger partial charge in [-0.15, -0.1) is 0 Å². The van der Waals surface area contributed by atoms with Crippen molar-refractivity contribution in [1.82, 2.24) is 4.90 Å². The van der Waals surface area contributed by atoms with Crippen molar-refractivity contribution >= 4 is 5.91 Å². The van der Waals surface area contributed by atoms with Crippen molar-refractivity contribution in [2.24, 2.45) is 11.7 Å². The summed E-state index contributed by atoms with van der Waals surface area (Å²) in [6.07, 6.45) is -2.16. The molecule has 1 saturated heterocycles. The van der Waals surface area contributed by atoms with Gasteiger partial charge in [-0.25, -0.2) is 0 Å². The lowest BCUT2D eigenvalue weighted by Gasteiger charge is -2.22. The van der Waals surface area contributed by atoms with Crippen LogP contribution in [0.1, 0.15) is 24.0 Å². The van der Waals surface area contributed by atoms with E-state index in [4.69, 9.17) is 5.73 Å². The second kappa shape index (κ2) is 6.47. The highest BCUT2D eigenvalue weighted by Gasteiger charge is 2.31. The van der Waals surface area contributed by atoms with Crippen molar-refractivity contribution in [2.45, 2.75) is 25.4 Å². The van der Waals surface area contributed by atoms with Gasteiger partial charge in [-0.3, -0.25) is 4.79 Å². The third-order valence-electron chi connectivity index (χ3n) is 3.79. The molecule has 0 radical (unpaired) electrons. The highest BCUT2D eigenvalue weighted by molar-refractivity contribution is 5.79. The zero-order valence-electron chi connectivity index (χ0n) is 11.7. The molecule has 1 aliphatic heterocycles. The predicted molar refractivity (Wildman–Crippen MR) is 73.5 cm³/mol. The normalized spacial score (nSPS) is 17.0. The third kappa shape index (κ3) is 3.97. The summed E-state index contributed by atoms with van der Waals surface area (Å²) in [5, 5.41) is 0. The Hall–Kier alpha value is -1.56. The molecule has 2 N–H and O–H groups in total. The molecule has 2 rings (SSSR count). The second-order valence-electron chi connectivity index (χ2n) is 5.37. The monoisotopic (exact) mass is 300 g/mol. The van der Waals surface area contributed by atoms with Gasteiger partial charge in [-0.2, -0.15) is 13.2 Å². The van der Waals surface area contributed by atoms with E-state index in [1.165, 1.54) is 6.07 Å². The maximum Gasteiger partial charge on any atom is 0.416 e. The number of carbonyl (C=O) groups is 1. The summed E-state index contributed by atoms with van der Waals surface area (Å²) < 4.78 is 38.1. The summed E-state index contributed by atoms with van der Waals surface area (Å²) in [5.74, 6) is -0.501. The SMILES string of the molecule is NCC(Cc1cccc(C(F)(F)F)c1)C(=O)N1CCCC1. The van der Waals surface area contributed by atoms with E-state index in [1.54, 1.807) is 11.0 Å². The Bertz CT molecular complexity index is 496. The first-order chi connectivity index (χ1) is 9.91. The molecule has 6 heteroatoms. The molecule has 116 valence electrons. The van der Waals surface area contributed by atoms with Crippen molar-refractivity contribution in [1.29, 1.82) is 0 Å². The van der Waals surface area contributed by atoms with E-state index in [1.807, 2.05) is 0 Å². The average Bonchev–Trinajstić information content (AvgIpc) is 2.97. The predicted octanol–water partition coefficient (Wildman–Crippen LogP) is 2.45. The zero-order valence-corrected chi connectivity index (χ0v) is 11.7. The van der Waals surface area contributed by atoms with Gasteiger partial charge in [0.15, 0.2) is 0 Å². The van der Waals surface area contributed by atoms with Crippen LogP contribution in [-0.4, -0.2) is 30.4 Å². The quantitative estimate of drug-likeness (QED) is 0.928. The van der Waals surface area contributed by atoms with Crippen LogP contribution in [-0.2, 0) is 17.4 Å². The van der Waals surface area contributed by atoms with E-state index in [0.29, 0.717) is 5.56 Å². The lowest BCUT2D eigenvalue weighted by Crippen LogP contribution is -2.38. The first kappa shape index (κ1) is 15.8. The molecule has 3 nitrogen and oxygen atoms in total. The fourth-order valence-corrected chi connectivity index (χ4v) is 2.63. The van der Waals surface area contributed by atoms with Crippen LogP contribution in [0.2, 0.25) is 0 Å². The van der Waals surface area contributed by atoms with Gasteiger partial charge >= 0.3 is 6.18 Å². The largest absolute Gasteiger partial charge is 0.416 e. The second-order valence-corrected chi connectivity index (χ2v) is 5.37. The van der Waals surface area contributed by atoms with Gasteiger partial charge < -0.3 is 10.6 Å². The maximum atomic E-state index is 12.7. The number of rotatable bonds is 4. The smallest absolute Gasteiger partial charge is 0.342 e. The minimum Gasteiger partial charge on any atom is -0.342 e. The molecule has 21 heavy (non-hydrogen) atoms. The minimum atomic E-state index is -4.37. The molecule has 1 unspecified atom stereocenters. The van der Waals surface area contributed by atoms with Crippen LogP contribution in [0.3, 0.4) is 0 Å². The van der Waals surface area contributed by atoms with Gasteiger partial charge in [-0.05, 0) is 30.9 Å². The molecule has 0 bridgehead atoms. The molecule has 1 fully saturated rings. The fourth-order valence-electron chi connectivity index (χ4n) is 2.63. The average molecular weight is 300 g/mol. The highest BCUT2D eigenvalue weighted by atomic mass is 19.4. The van der Waals surface area contributed by atoms with Gasteiger partial charge in [0.2, 0.25) is 5.91 Å². The van der Waals surface area contributed by atoms with Crippen LogP contribution in [0.25, 0.3) is 0 Å². The van der Waals surface area contributed by atoms with E-state index in [9.17, 15) is 18.0 Å². The van der Waals surface area contributed by atoms with Crippen molar-refractivity contribution in [3.63, 3.8) is 0 Å². The van der Waals surface area contributed by atoms with Crippen LogP contribution in [0.15, 0.2) is 24.3 Å². The van der Waals surface area contributed by atoms with Crippen molar-refractivity contribution in [3.8, 4) is 0 Å². The van der Waals surface area contributed by atoms with Gasteiger partial charge in [0.25, 0.3) is 0 Å². The number of amides is 1. The lowest BCUT2D eigenvalue weighted by molar-refractivity contribution is -0.137. The van der Waals surface area contributed by atoms with E-state index in [2.05, 4.69) is 0 Å². The number of alkyl halides is 3. The number of likely N-dealkylation sites (tertiary alicyclic amines) is 1. The van der Waals surface area contributed by atoms with E-state index >= 15 is 0 Å². The molecular formula is C15H19F3N2O. The first-order valence-electron chi connectivity index (χ1n) is 7.07. The summed E-state index contributed by atoms with van der Waals surface area (Å²) in [5.41, 5.74) is 5.45. The molecule has 0 aliphatic carbocycles. The molecule has 0 saturated carbocycles. The van der Waals surface area contributed by atoms with Gasteiger partial charge in [0, 0.05) is 19.6 Å². The number of hydrogen-bond acceptors (Lipinski definition) is 2. The maximum absolute atomic E-state index is 12.7. The minimum absolute atomic E-state index is 0.0487. The molecule has 1 atom stereocenters. The molecule has 1 amide bonds. The lowest BCUT2D eigenvalue weighted by atomic mass is 9.96. The number of halogens is 3. The van der Waals surface area contributed by atoms with Gasteiger partial charge in [-0.1, -0.05) is 18.2 Å². The Morgan fingerprint density at radius 2 is 1.95 bits per heavy atom. The Morgan fingerprint density at radius 1 is 1.29 bits per heavy atom. The topological polar surface area (TPSA) is 46.3 Å². The third-order valence-corrected chi connectivity index (χ3v) is 3.79. The van der Waals surface area contributed by atoms with Crippen molar-refractivity contribution in [3.05, 3.63) is 35.4 Å². The van der Waals surface area contributed by atoms with Crippen LogP contribution in [0.4, 0.5) is 13.2 Å². The Labute approximate surface area is 121 Å². The van der Waals surface area contributed by atoms with Crippen LogP contribution >= 0.6 is 0 Å².